The molecule has 1 aromatic carbocycles. The number of aryl methyl sites for hydroxylation is 2. The lowest BCUT2D eigenvalue weighted by atomic mass is 10.2. The first-order valence-electron chi connectivity index (χ1n) is 6.29. The Labute approximate surface area is 112 Å². The van der Waals surface area contributed by atoms with Gasteiger partial charge in [-0.2, -0.15) is 5.10 Å². The van der Waals surface area contributed by atoms with Gasteiger partial charge in [0.25, 0.3) is 0 Å². The number of benzene rings is 1. The van der Waals surface area contributed by atoms with Gasteiger partial charge in [-0.1, -0.05) is 19.1 Å². The average molecular weight is 262 g/mol. The molecule has 5 heteroatoms. The highest BCUT2D eigenvalue weighted by atomic mass is 19.1. The van der Waals surface area contributed by atoms with Crippen molar-refractivity contribution in [3.05, 3.63) is 41.3 Å². The highest BCUT2D eigenvalue weighted by Gasteiger charge is 2.15. The monoisotopic (exact) mass is 262 g/mol. The van der Waals surface area contributed by atoms with Crippen molar-refractivity contribution in [3.8, 4) is 0 Å². The predicted molar refractivity (Wildman–Crippen MR) is 75.5 cm³/mol. The van der Waals surface area contributed by atoms with E-state index >= 15 is 0 Å². The lowest BCUT2D eigenvalue weighted by Gasteiger charge is -2.20. The molecule has 0 bridgehead atoms. The van der Waals surface area contributed by atoms with Crippen LogP contribution in [0.1, 0.15) is 18.2 Å². The van der Waals surface area contributed by atoms with E-state index < -0.39 is 0 Å². The molecule has 0 aliphatic carbocycles. The first kappa shape index (κ1) is 13.4. The molecule has 0 saturated carbocycles. The minimum absolute atomic E-state index is 0.222. The molecule has 0 unspecified atom stereocenters. The van der Waals surface area contributed by atoms with E-state index in [4.69, 9.17) is 5.73 Å². The summed E-state index contributed by atoms with van der Waals surface area (Å²) in [5.74, 6) is 0.667. The number of rotatable bonds is 4. The summed E-state index contributed by atoms with van der Waals surface area (Å²) in [5, 5.41) is 4.40. The zero-order valence-corrected chi connectivity index (χ0v) is 11.5. The van der Waals surface area contributed by atoms with Gasteiger partial charge in [-0.3, -0.25) is 4.68 Å². The molecule has 19 heavy (non-hydrogen) atoms. The van der Waals surface area contributed by atoms with Crippen LogP contribution in [-0.2, 0) is 20.0 Å². The van der Waals surface area contributed by atoms with Crippen molar-refractivity contribution >= 4 is 11.5 Å². The molecule has 0 spiro atoms. The van der Waals surface area contributed by atoms with Crippen molar-refractivity contribution in [2.75, 3.05) is 17.7 Å². The molecule has 0 fully saturated rings. The van der Waals surface area contributed by atoms with Crippen molar-refractivity contribution in [1.29, 1.82) is 0 Å². The van der Waals surface area contributed by atoms with E-state index in [0.29, 0.717) is 6.54 Å². The van der Waals surface area contributed by atoms with E-state index in [-0.39, 0.29) is 5.82 Å². The van der Waals surface area contributed by atoms with Crippen molar-refractivity contribution in [2.24, 2.45) is 7.05 Å². The van der Waals surface area contributed by atoms with Gasteiger partial charge in [0.15, 0.2) is 0 Å². The number of halogens is 1. The standard InChI is InChI=1S/C14H19FN4/c1-4-12-13(16)14(19(3)17-12)18(2)9-10-5-7-11(15)8-6-10/h5-8H,4,9,16H2,1-3H3. The van der Waals surface area contributed by atoms with Crippen LogP contribution in [0.4, 0.5) is 15.9 Å². The van der Waals surface area contributed by atoms with Crippen molar-refractivity contribution < 1.29 is 4.39 Å². The summed E-state index contributed by atoms with van der Waals surface area (Å²) in [4.78, 5) is 2.02. The minimum atomic E-state index is -0.222. The highest BCUT2D eigenvalue weighted by molar-refractivity contribution is 5.66. The van der Waals surface area contributed by atoms with Crippen LogP contribution in [0.15, 0.2) is 24.3 Å². The summed E-state index contributed by atoms with van der Waals surface area (Å²) in [6.45, 7) is 2.69. The fourth-order valence-electron chi connectivity index (χ4n) is 2.24. The fraction of sp³-hybridized carbons (Fsp3) is 0.357. The molecule has 102 valence electrons. The highest BCUT2D eigenvalue weighted by Crippen LogP contribution is 2.26. The maximum atomic E-state index is 12.9. The summed E-state index contributed by atoms with van der Waals surface area (Å²) in [7, 11) is 3.84. The zero-order chi connectivity index (χ0) is 14.0. The van der Waals surface area contributed by atoms with Gasteiger partial charge in [0.1, 0.15) is 11.6 Å². The van der Waals surface area contributed by atoms with Crippen LogP contribution in [0.2, 0.25) is 0 Å². The summed E-state index contributed by atoms with van der Waals surface area (Å²) < 4.78 is 14.7. The van der Waals surface area contributed by atoms with Crippen LogP contribution in [0.5, 0.6) is 0 Å². The number of hydrogen-bond donors (Lipinski definition) is 1. The molecule has 0 amide bonds. The SMILES string of the molecule is CCc1nn(C)c(N(C)Cc2ccc(F)cc2)c1N. The van der Waals surface area contributed by atoms with E-state index in [1.54, 1.807) is 16.8 Å². The molecule has 2 N–H and O–H groups in total. The molecule has 0 aliphatic rings. The molecule has 2 rings (SSSR count). The van der Waals surface area contributed by atoms with Crippen molar-refractivity contribution in [3.63, 3.8) is 0 Å². The maximum absolute atomic E-state index is 12.9. The van der Waals surface area contributed by atoms with E-state index in [9.17, 15) is 4.39 Å². The van der Waals surface area contributed by atoms with E-state index in [2.05, 4.69) is 5.10 Å². The second-order valence-electron chi connectivity index (χ2n) is 4.64. The van der Waals surface area contributed by atoms with Crippen molar-refractivity contribution in [2.45, 2.75) is 19.9 Å². The van der Waals surface area contributed by atoms with Crippen LogP contribution < -0.4 is 10.6 Å². The molecule has 0 radical (unpaired) electrons. The van der Waals surface area contributed by atoms with E-state index in [0.717, 1.165) is 29.2 Å². The average Bonchev–Trinajstić information content (AvgIpc) is 2.67. The van der Waals surface area contributed by atoms with Crippen LogP contribution in [0.25, 0.3) is 0 Å². The predicted octanol–water partition coefficient (Wildman–Crippen LogP) is 2.34. The molecule has 2 aromatic rings. The Bertz CT molecular complexity index is 560. The van der Waals surface area contributed by atoms with E-state index in [1.807, 2.05) is 25.9 Å². The first-order chi connectivity index (χ1) is 9.02. The Hall–Kier alpha value is -2.04. The van der Waals surface area contributed by atoms with Gasteiger partial charge in [0.05, 0.1) is 11.4 Å². The molecule has 0 aliphatic heterocycles. The largest absolute Gasteiger partial charge is 0.394 e. The minimum Gasteiger partial charge on any atom is -0.394 e. The second kappa shape index (κ2) is 5.30. The van der Waals surface area contributed by atoms with Gasteiger partial charge in [-0.15, -0.1) is 0 Å². The lowest BCUT2D eigenvalue weighted by Crippen LogP contribution is -2.20. The Morgan fingerprint density at radius 2 is 1.95 bits per heavy atom. The Balaban J connectivity index is 2.22. The summed E-state index contributed by atoms with van der Waals surface area (Å²) >= 11 is 0. The third-order valence-corrected chi connectivity index (χ3v) is 3.16. The van der Waals surface area contributed by atoms with E-state index in [1.165, 1.54) is 12.1 Å². The van der Waals surface area contributed by atoms with Gasteiger partial charge in [-0.25, -0.2) is 4.39 Å². The van der Waals surface area contributed by atoms with Gasteiger partial charge in [0, 0.05) is 20.6 Å². The van der Waals surface area contributed by atoms with Crippen molar-refractivity contribution in [1.82, 2.24) is 9.78 Å². The Morgan fingerprint density at radius 1 is 1.32 bits per heavy atom. The Morgan fingerprint density at radius 3 is 2.47 bits per heavy atom. The van der Waals surface area contributed by atoms with Gasteiger partial charge in [-0.05, 0) is 24.1 Å². The summed E-state index contributed by atoms with van der Waals surface area (Å²) in [6, 6.07) is 6.48. The quantitative estimate of drug-likeness (QED) is 0.920. The number of nitrogens with zero attached hydrogens (tertiary/aromatic N) is 3. The lowest BCUT2D eigenvalue weighted by molar-refractivity contribution is 0.626. The number of hydrogen-bond acceptors (Lipinski definition) is 3. The number of nitrogens with two attached hydrogens (primary N) is 1. The number of aromatic nitrogens is 2. The first-order valence-corrected chi connectivity index (χ1v) is 6.29. The zero-order valence-electron chi connectivity index (χ0n) is 11.5. The molecule has 1 heterocycles. The second-order valence-corrected chi connectivity index (χ2v) is 4.64. The molecule has 0 atom stereocenters. The summed E-state index contributed by atoms with van der Waals surface area (Å²) in [5.41, 5.74) is 8.76. The smallest absolute Gasteiger partial charge is 0.150 e. The topological polar surface area (TPSA) is 47.1 Å². The maximum Gasteiger partial charge on any atom is 0.150 e. The molecular weight excluding hydrogens is 243 g/mol. The van der Waals surface area contributed by atoms with Crippen LogP contribution in [0.3, 0.4) is 0 Å². The molecule has 4 nitrogen and oxygen atoms in total. The molecule has 1 aromatic heterocycles. The van der Waals surface area contributed by atoms with Crippen LogP contribution in [0, 0.1) is 5.82 Å². The fourth-order valence-corrected chi connectivity index (χ4v) is 2.24. The number of anilines is 2. The van der Waals surface area contributed by atoms with Gasteiger partial charge < -0.3 is 10.6 Å². The van der Waals surface area contributed by atoms with Crippen LogP contribution >= 0.6 is 0 Å². The molecular formula is C14H19FN4. The van der Waals surface area contributed by atoms with Gasteiger partial charge in [0.2, 0.25) is 0 Å². The molecule has 0 saturated heterocycles. The summed E-state index contributed by atoms with van der Waals surface area (Å²) in [6.07, 6.45) is 0.810. The van der Waals surface area contributed by atoms with Gasteiger partial charge >= 0.3 is 0 Å². The third-order valence-electron chi connectivity index (χ3n) is 3.16. The van der Waals surface area contributed by atoms with Crippen LogP contribution in [-0.4, -0.2) is 16.8 Å². The third kappa shape index (κ3) is 2.70. The normalized spacial score (nSPS) is 10.7. The number of nitrogen functional groups attached to an aromatic ring is 1. The Kier molecular flexibility index (Phi) is 3.74.